The number of anilines is 1. The lowest BCUT2D eigenvalue weighted by Gasteiger charge is -2.25. The zero-order valence-electron chi connectivity index (χ0n) is 9.50. The molecule has 0 radical (unpaired) electrons. The van der Waals surface area contributed by atoms with Gasteiger partial charge in [0.1, 0.15) is 0 Å². The van der Waals surface area contributed by atoms with Gasteiger partial charge in [-0.2, -0.15) is 0 Å². The molecule has 82 valence electrons. The number of aryl methyl sites for hydroxylation is 1. The Morgan fingerprint density at radius 2 is 2.20 bits per heavy atom. The highest BCUT2D eigenvalue weighted by Gasteiger charge is 2.31. The average molecular weight is 208 g/mol. The van der Waals surface area contributed by atoms with Gasteiger partial charge in [0.15, 0.2) is 0 Å². The molecule has 2 heterocycles. The molecule has 1 aliphatic rings. The SMILES string of the molecule is Cc1cc(=O)oc2c1C(C)N(C(C)C)N2. The lowest BCUT2D eigenvalue weighted by atomic mass is 10.1. The highest BCUT2D eigenvalue weighted by molar-refractivity contribution is 5.50. The van der Waals surface area contributed by atoms with Crippen molar-refractivity contribution >= 4 is 5.88 Å². The molecule has 1 unspecified atom stereocenters. The molecule has 0 saturated carbocycles. The van der Waals surface area contributed by atoms with Crippen LogP contribution in [0.25, 0.3) is 0 Å². The number of hydrogen-bond donors (Lipinski definition) is 1. The van der Waals surface area contributed by atoms with E-state index < -0.39 is 0 Å². The summed E-state index contributed by atoms with van der Waals surface area (Å²) < 4.78 is 5.14. The number of nitrogens with one attached hydrogen (secondary N) is 1. The fraction of sp³-hybridized carbons (Fsp3) is 0.545. The Kier molecular flexibility index (Phi) is 2.31. The van der Waals surface area contributed by atoms with E-state index in [9.17, 15) is 4.79 Å². The summed E-state index contributed by atoms with van der Waals surface area (Å²) in [5, 5.41) is 2.08. The van der Waals surface area contributed by atoms with Crippen molar-refractivity contribution in [2.24, 2.45) is 0 Å². The molecule has 15 heavy (non-hydrogen) atoms. The van der Waals surface area contributed by atoms with Crippen LogP contribution in [0.15, 0.2) is 15.3 Å². The first-order valence-corrected chi connectivity index (χ1v) is 5.20. The summed E-state index contributed by atoms with van der Waals surface area (Å²) in [4.78, 5) is 11.2. The topological polar surface area (TPSA) is 45.5 Å². The van der Waals surface area contributed by atoms with Crippen LogP contribution in [0.2, 0.25) is 0 Å². The van der Waals surface area contributed by atoms with Gasteiger partial charge >= 0.3 is 5.63 Å². The monoisotopic (exact) mass is 208 g/mol. The van der Waals surface area contributed by atoms with E-state index in [4.69, 9.17) is 4.42 Å². The Morgan fingerprint density at radius 3 is 2.80 bits per heavy atom. The van der Waals surface area contributed by atoms with E-state index in [1.807, 2.05) is 6.92 Å². The number of nitrogens with zero attached hydrogens (tertiary/aromatic N) is 1. The number of hydrogen-bond acceptors (Lipinski definition) is 4. The fourth-order valence-electron chi connectivity index (χ4n) is 2.15. The van der Waals surface area contributed by atoms with E-state index in [-0.39, 0.29) is 11.7 Å². The normalized spacial score (nSPS) is 20.5. The highest BCUT2D eigenvalue weighted by Crippen LogP contribution is 2.36. The zero-order chi connectivity index (χ0) is 11.2. The van der Waals surface area contributed by atoms with Crippen LogP contribution < -0.4 is 11.1 Å². The molecule has 0 aromatic carbocycles. The smallest absolute Gasteiger partial charge is 0.337 e. The first-order valence-electron chi connectivity index (χ1n) is 5.20. The van der Waals surface area contributed by atoms with Crippen molar-refractivity contribution in [3.05, 3.63) is 27.6 Å². The van der Waals surface area contributed by atoms with Crippen LogP contribution in [0, 0.1) is 6.92 Å². The van der Waals surface area contributed by atoms with Gasteiger partial charge in [-0.3, -0.25) is 5.43 Å². The summed E-state index contributed by atoms with van der Waals surface area (Å²) >= 11 is 0. The molecule has 1 N–H and O–H groups in total. The predicted octanol–water partition coefficient (Wildman–Crippen LogP) is 2.06. The molecule has 0 spiro atoms. The molecule has 0 bridgehead atoms. The molecule has 1 aromatic rings. The van der Waals surface area contributed by atoms with E-state index in [2.05, 4.69) is 31.2 Å². The molecule has 0 amide bonds. The van der Waals surface area contributed by atoms with Crippen molar-refractivity contribution in [2.45, 2.75) is 39.8 Å². The molecule has 4 heteroatoms. The molecule has 0 aliphatic carbocycles. The maximum Gasteiger partial charge on any atom is 0.337 e. The van der Waals surface area contributed by atoms with Crippen molar-refractivity contribution < 1.29 is 4.42 Å². The lowest BCUT2D eigenvalue weighted by molar-refractivity contribution is 0.223. The summed E-state index contributed by atoms with van der Waals surface area (Å²) in [7, 11) is 0. The van der Waals surface area contributed by atoms with E-state index in [0.717, 1.165) is 11.1 Å². The van der Waals surface area contributed by atoms with Gasteiger partial charge in [-0.1, -0.05) is 0 Å². The van der Waals surface area contributed by atoms with Crippen LogP contribution in [-0.2, 0) is 0 Å². The third kappa shape index (κ3) is 1.55. The first-order chi connectivity index (χ1) is 7.00. The Labute approximate surface area is 88.9 Å². The molecule has 0 saturated heterocycles. The predicted molar refractivity (Wildman–Crippen MR) is 58.7 cm³/mol. The molecule has 4 nitrogen and oxygen atoms in total. The van der Waals surface area contributed by atoms with Crippen LogP contribution in [0.5, 0.6) is 0 Å². The summed E-state index contributed by atoms with van der Waals surface area (Å²) in [6.45, 7) is 8.25. The quantitative estimate of drug-likeness (QED) is 0.767. The van der Waals surface area contributed by atoms with Crippen molar-refractivity contribution in [2.75, 3.05) is 5.43 Å². The lowest BCUT2D eigenvalue weighted by Crippen LogP contribution is -2.33. The van der Waals surface area contributed by atoms with Gasteiger partial charge in [0.2, 0.25) is 5.88 Å². The second kappa shape index (κ2) is 3.38. The van der Waals surface area contributed by atoms with Crippen LogP contribution >= 0.6 is 0 Å². The molecule has 1 aliphatic heterocycles. The number of hydrazine groups is 1. The Balaban J connectivity index is 2.50. The van der Waals surface area contributed by atoms with Crippen LogP contribution in [-0.4, -0.2) is 11.1 Å². The van der Waals surface area contributed by atoms with Crippen LogP contribution in [0.3, 0.4) is 0 Å². The molecule has 2 rings (SSSR count). The van der Waals surface area contributed by atoms with E-state index in [1.165, 1.54) is 0 Å². The van der Waals surface area contributed by atoms with Crippen molar-refractivity contribution in [3.63, 3.8) is 0 Å². The minimum Gasteiger partial charge on any atom is -0.405 e. The second-order valence-corrected chi connectivity index (χ2v) is 4.28. The van der Waals surface area contributed by atoms with Gasteiger partial charge in [-0.25, -0.2) is 9.80 Å². The maximum atomic E-state index is 11.2. The molecular weight excluding hydrogens is 192 g/mol. The molecule has 0 fully saturated rings. The summed E-state index contributed by atoms with van der Waals surface area (Å²) in [5.41, 5.74) is 4.91. The number of fused-ring (bicyclic) bond motifs is 1. The zero-order valence-corrected chi connectivity index (χ0v) is 9.50. The fourth-order valence-corrected chi connectivity index (χ4v) is 2.15. The Hall–Kier alpha value is -1.29. The van der Waals surface area contributed by atoms with Crippen molar-refractivity contribution in [1.29, 1.82) is 0 Å². The summed E-state index contributed by atoms with van der Waals surface area (Å²) in [6, 6.07) is 2.14. The van der Waals surface area contributed by atoms with E-state index in [0.29, 0.717) is 11.9 Å². The van der Waals surface area contributed by atoms with Crippen LogP contribution in [0.1, 0.15) is 37.9 Å². The van der Waals surface area contributed by atoms with Gasteiger partial charge < -0.3 is 4.42 Å². The van der Waals surface area contributed by atoms with Crippen molar-refractivity contribution in [3.8, 4) is 0 Å². The standard InChI is InChI=1S/C11H16N2O2/c1-6(2)13-8(4)10-7(3)5-9(14)15-11(10)12-13/h5-6,8,12H,1-4H3. The minimum absolute atomic E-state index is 0.240. The Bertz CT molecular complexity index is 437. The molecular formula is C11H16N2O2. The van der Waals surface area contributed by atoms with Gasteiger partial charge in [0.25, 0.3) is 0 Å². The molecule has 1 atom stereocenters. The average Bonchev–Trinajstić information content (AvgIpc) is 2.42. The third-order valence-electron chi connectivity index (χ3n) is 2.83. The second-order valence-electron chi connectivity index (χ2n) is 4.28. The van der Waals surface area contributed by atoms with E-state index >= 15 is 0 Å². The summed E-state index contributed by atoms with van der Waals surface area (Å²) in [6.07, 6.45) is 0. The van der Waals surface area contributed by atoms with Gasteiger partial charge in [0.05, 0.1) is 6.04 Å². The minimum atomic E-state index is -0.295. The summed E-state index contributed by atoms with van der Waals surface area (Å²) in [5.74, 6) is 0.598. The maximum absolute atomic E-state index is 11.2. The van der Waals surface area contributed by atoms with Gasteiger partial charge in [-0.15, -0.1) is 0 Å². The van der Waals surface area contributed by atoms with E-state index in [1.54, 1.807) is 6.07 Å². The largest absolute Gasteiger partial charge is 0.405 e. The van der Waals surface area contributed by atoms with Crippen molar-refractivity contribution in [1.82, 2.24) is 5.01 Å². The Morgan fingerprint density at radius 1 is 1.53 bits per heavy atom. The third-order valence-corrected chi connectivity index (χ3v) is 2.83. The van der Waals surface area contributed by atoms with Gasteiger partial charge in [-0.05, 0) is 33.3 Å². The van der Waals surface area contributed by atoms with Gasteiger partial charge in [0, 0.05) is 17.7 Å². The van der Waals surface area contributed by atoms with Crippen LogP contribution in [0.4, 0.5) is 5.88 Å². The number of rotatable bonds is 1. The molecule has 1 aromatic heterocycles. The first kappa shape index (κ1) is 10.2. The highest BCUT2D eigenvalue weighted by atomic mass is 16.4.